The normalized spacial score (nSPS) is 35.0. The van der Waals surface area contributed by atoms with Crippen LogP contribution < -0.4 is 0 Å². The van der Waals surface area contributed by atoms with Gasteiger partial charge in [0, 0.05) is 6.42 Å². The zero-order valence-corrected chi connectivity index (χ0v) is 10.5. The number of unbranched alkanes of at least 4 members (excludes halogenated alkanes) is 2. The van der Waals surface area contributed by atoms with Crippen LogP contribution in [0.5, 0.6) is 0 Å². The van der Waals surface area contributed by atoms with Gasteiger partial charge in [0.15, 0.2) is 0 Å². The quantitative estimate of drug-likeness (QED) is 0.540. The Morgan fingerprint density at radius 3 is 2.62 bits per heavy atom. The SMILES string of the molecule is CCCC/C=C/CC1C(O)CC(F)C1CC. The molecule has 2 heteroatoms. The molecule has 1 N–H and O–H groups in total. The topological polar surface area (TPSA) is 20.2 Å². The summed E-state index contributed by atoms with van der Waals surface area (Å²) in [5.41, 5.74) is 0. The van der Waals surface area contributed by atoms with Crippen molar-refractivity contribution in [3.05, 3.63) is 12.2 Å². The fourth-order valence-corrected chi connectivity index (χ4v) is 2.72. The van der Waals surface area contributed by atoms with Crippen LogP contribution in [-0.4, -0.2) is 17.4 Å². The summed E-state index contributed by atoms with van der Waals surface area (Å²) in [6.45, 7) is 4.19. The summed E-state index contributed by atoms with van der Waals surface area (Å²) in [5, 5.41) is 9.79. The minimum atomic E-state index is -0.797. The van der Waals surface area contributed by atoms with Crippen LogP contribution in [-0.2, 0) is 0 Å². The maximum atomic E-state index is 13.5. The standard InChI is InChI=1S/C14H25FO/c1-3-5-6-7-8-9-12-11(4-2)13(15)10-14(12)16/h7-8,11-14,16H,3-6,9-10H2,1-2H3/b8-7+. The number of halogens is 1. The van der Waals surface area contributed by atoms with Gasteiger partial charge in [0.2, 0.25) is 0 Å². The number of rotatable bonds is 6. The summed E-state index contributed by atoms with van der Waals surface area (Å²) in [7, 11) is 0. The van der Waals surface area contributed by atoms with Crippen LogP contribution >= 0.6 is 0 Å². The maximum absolute atomic E-state index is 13.5. The van der Waals surface area contributed by atoms with Crippen LogP contribution in [0.4, 0.5) is 4.39 Å². The number of allylic oxidation sites excluding steroid dienone is 2. The van der Waals surface area contributed by atoms with Crippen LogP contribution in [0.2, 0.25) is 0 Å². The number of alkyl halides is 1. The van der Waals surface area contributed by atoms with E-state index in [1.807, 2.05) is 6.92 Å². The molecule has 0 amide bonds. The van der Waals surface area contributed by atoms with Gasteiger partial charge in [0.05, 0.1) is 6.10 Å². The summed E-state index contributed by atoms with van der Waals surface area (Å²) in [4.78, 5) is 0. The number of aliphatic hydroxyl groups is 1. The van der Waals surface area contributed by atoms with E-state index >= 15 is 0 Å². The lowest BCUT2D eigenvalue weighted by Crippen LogP contribution is -2.19. The van der Waals surface area contributed by atoms with Crippen molar-refractivity contribution in [1.29, 1.82) is 0 Å². The van der Waals surface area contributed by atoms with E-state index in [0.29, 0.717) is 6.42 Å². The third kappa shape index (κ3) is 3.58. The van der Waals surface area contributed by atoms with Crippen molar-refractivity contribution in [1.82, 2.24) is 0 Å². The minimum absolute atomic E-state index is 0.0609. The fraction of sp³-hybridized carbons (Fsp3) is 0.857. The smallest absolute Gasteiger partial charge is 0.106 e. The highest BCUT2D eigenvalue weighted by Crippen LogP contribution is 2.38. The molecular weight excluding hydrogens is 203 g/mol. The van der Waals surface area contributed by atoms with Crippen LogP contribution in [0.15, 0.2) is 12.2 Å². The molecule has 0 radical (unpaired) electrons. The van der Waals surface area contributed by atoms with Gasteiger partial charge in [-0.3, -0.25) is 0 Å². The molecule has 0 bridgehead atoms. The third-order valence-corrected chi connectivity index (χ3v) is 3.75. The summed E-state index contributed by atoms with van der Waals surface area (Å²) >= 11 is 0. The molecular formula is C14H25FO. The van der Waals surface area contributed by atoms with Gasteiger partial charge in [-0.1, -0.05) is 45.3 Å². The first kappa shape index (κ1) is 13.7. The third-order valence-electron chi connectivity index (χ3n) is 3.75. The van der Waals surface area contributed by atoms with Gasteiger partial charge in [-0.2, -0.15) is 0 Å². The van der Waals surface area contributed by atoms with E-state index in [0.717, 1.165) is 19.3 Å². The van der Waals surface area contributed by atoms with Gasteiger partial charge in [-0.15, -0.1) is 0 Å². The fourth-order valence-electron chi connectivity index (χ4n) is 2.72. The van der Waals surface area contributed by atoms with Gasteiger partial charge in [-0.05, 0) is 24.7 Å². The Morgan fingerprint density at radius 1 is 1.25 bits per heavy atom. The number of hydrogen-bond acceptors (Lipinski definition) is 1. The molecule has 4 atom stereocenters. The Hall–Kier alpha value is -0.370. The number of hydrogen-bond donors (Lipinski definition) is 1. The molecule has 0 heterocycles. The average Bonchev–Trinajstić information content (AvgIpc) is 2.53. The highest BCUT2D eigenvalue weighted by atomic mass is 19.1. The van der Waals surface area contributed by atoms with Crippen LogP contribution in [0.25, 0.3) is 0 Å². The van der Waals surface area contributed by atoms with Crippen molar-refractivity contribution >= 4 is 0 Å². The molecule has 0 saturated heterocycles. The van der Waals surface area contributed by atoms with E-state index in [1.165, 1.54) is 12.8 Å². The van der Waals surface area contributed by atoms with Gasteiger partial charge < -0.3 is 5.11 Å². The van der Waals surface area contributed by atoms with E-state index in [9.17, 15) is 9.50 Å². The molecule has 0 aromatic carbocycles. The molecule has 1 fully saturated rings. The molecule has 0 aliphatic heterocycles. The van der Waals surface area contributed by atoms with Crippen molar-refractivity contribution in [2.45, 2.75) is 64.6 Å². The predicted molar refractivity (Wildman–Crippen MR) is 66.1 cm³/mol. The van der Waals surface area contributed by atoms with Gasteiger partial charge in [0.1, 0.15) is 6.17 Å². The second-order valence-electron chi connectivity index (χ2n) is 4.90. The first-order valence-electron chi connectivity index (χ1n) is 6.67. The zero-order chi connectivity index (χ0) is 12.0. The minimum Gasteiger partial charge on any atom is -0.393 e. The van der Waals surface area contributed by atoms with Crippen molar-refractivity contribution < 1.29 is 9.50 Å². The second kappa shape index (κ2) is 7.05. The van der Waals surface area contributed by atoms with E-state index < -0.39 is 12.3 Å². The van der Waals surface area contributed by atoms with Crippen LogP contribution in [0.1, 0.15) is 52.4 Å². The van der Waals surface area contributed by atoms with Crippen LogP contribution in [0, 0.1) is 11.8 Å². The molecule has 0 aromatic heterocycles. The van der Waals surface area contributed by atoms with Crippen molar-refractivity contribution in [2.75, 3.05) is 0 Å². The molecule has 1 rings (SSSR count). The van der Waals surface area contributed by atoms with Crippen molar-refractivity contribution in [2.24, 2.45) is 11.8 Å². The summed E-state index contributed by atoms with van der Waals surface area (Å²) in [6.07, 6.45) is 8.62. The summed E-state index contributed by atoms with van der Waals surface area (Å²) < 4.78 is 13.5. The Kier molecular flexibility index (Phi) is 6.04. The van der Waals surface area contributed by atoms with Gasteiger partial charge in [0.25, 0.3) is 0 Å². The molecule has 1 aliphatic carbocycles. The van der Waals surface area contributed by atoms with Gasteiger partial charge >= 0.3 is 0 Å². The van der Waals surface area contributed by atoms with E-state index in [2.05, 4.69) is 19.1 Å². The van der Waals surface area contributed by atoms with Crippen molar-refractivity contribution in [3.8, 4) is 0 Å². The molecule has 0 aromatic rings. The monoisotopic (exact) mass is 228 g/mol. The molecule has 0 spiro atoms. The first-order chi connectivity index (χ1) is 7.70. The molecule has 4 unspecified atom stereocenters. The second-order valence-corrected chi connectivity index (χ2v) is 4.90. The summed E-state index contributed by atoms with van der Waals surface area (Å²) in [5.74, 6) is 0.198. The largest absolute Gasteiger partial charge is 0.393 e. The lowest BCUT2D eigenvalue weighted by molar-refractivity contribution is 0.118. The molecule has 1 saturated carbocycles. The summed E-state index contributed by atoms with van der Waals surface area (Å²) in [6, 6.07) is 0. The Balaban J connectivity index is 2.36. The number of aliphatic hydroxyl groups excluding tert-OH is 1. The predicted octanol–water partition coefficient (Wildman–Crippen LogP) is 3.87. The lowest BCUT2D eigenvalue weighted by Gasteiger charge is -2.19. The lowest BCUT2D eigenvalue weighted by atomic mass is 9.89. The zero-order valence-electron chi connectivity index (χ0n) is 10.5. The first-order valence-corrected chi connectivity index (χ1v) is 6.67. The average molecular weight is 228 g/mol. The molecule has 1 nitrogen and oxygen atoms in total. The Bertz CT molecular complexity index is 215. The maximum Gasteiger partial charge on any atom is 0.106 e. The van der Waals surface area contributed by atoms with Crippen LogP contribution in [0.3, 0.4) is 0 Å². The molecule has 16 heavy (non-hydrogen) atoms. The van der Waals surface area contributed by atoms with E-state index in [1.54, 1.807) is 0 Å². The highest BCUT2D eigenvalue weighted by Gasteiger charge is 2.40. The van der Waals surface area contributed by atoms with E-state index in [4.69, 9.17) is 0 Å². The van der Waals surface area contributed by atoms with E-state index in [-0.39, 0.29) is 11.8 Å². The van der Waals surface area contributed by atoms with Crippen molar-refractivity contribution in [3.63, 3.8) is 0 Å². The Labute approximate surface area is 98.7 Å². The van der Waals surface area contributed by atoms with Gasteiger partial charge in [-0.25, -0.2) is 4.39 Å². The molecule has 94 valence electrons. The molecule has 1 aliphatic rings. The highest BCUT2D eigenvalue weighted by molar-refractivity contribution is 4.95. The Morgan fingerprint density at radius 2 is 2.00 bits per heavy atom.